The summed E-state index contributed by atoms with van der Waals surface area (Å²) in [5, 5.41) is 12.6. The van der Waals surface area contributed by atoms with Crippen molar-refractivity contribution < 1.29 is 19.4 Å². The fourth-order valence-electron chi connectivity index (χ4n) is 2.41. The molecule has 128 valence electrons. The van der Waals surface area contributed by atoms with Crippen LogP contribution in [-0.2, 0) is 9.53 Å². The number of aliphatic carboxylic acids is 1. The van der Waals surface area contributed by atoms with Crippen molar-refractivity contribution in [3.8, 4) is 0 Å². The summed E-state index contributed by atoms with van der Waals surface area (Å²) in [6, 6.07) is 8.09. The van der Waals surface area contributed by atoms with Gasteiger partial charge in [0.05, 0.1) is 11.1 Å². The number of benzene rings is 1. The topological polar surface area (TPSA) is 88.5 Å². The summed E-state index contributed by atoms with van der Waals surface area (Å²) in [6.45, 7) is 4.25. The molecule has 1 heterocycles. The van der Waals surface area contributed by atoms with E-state index < -0.39 is 17.9 Å². The Balaban J connectivity index is 2.38. The van der Waals surface area contributed by atoms with Crippen molar-refractivity contribution in [2.75, 3.05) is 13.7 Å². The highest BCUT2D eigenvalue weighted by Gasteiger charge is 2.22. The highest BCUT2D eigenvalue weighted by Crippen LogP contribution is 2.22. The Morgan fingerprint density at radius 3 is 2.62 bits per heavy atom. The highest BCUT2D eigenvalue weighted by atomic mass is 16.5. The number of rotatable bonds is 7. The lowest BCUT2D eigenvalue weighted by atomic mass is 10.0. The van der Waals surface area contributed by atoms with Gasteiger partial charge in [-0.3, -0.25) is 9.78 Å². The van der Waals surface area contributed by atoms with Crippen LogP contribution in [0.25, 0.3) is 10.9 Å². The van der Waals surface area contributed by atoms with E-state index in [1.165, 1.54) is 7.11 Å². The SMILES string of the molecule is COCCC(NC(=O)c1cc(C(C)C)nc2ccccc12)C(=O)O. The predicted octanol–water partition coefficient (Wildman–Crippen LogP) is 2.58. The van der Waals surface area contributed by atoms with Crippen molar-refractivity contribution in [1.82, 2.24) is 10.3 Å². The molecule has 24 heavy (non-hydrogen) atoms. The van der Waals surface area contributed by atoms with Gasteiger partial charge in [-0.15, -0.1) is 0 Å². The maximum Gasteiger partial charge on any atom is 0.326 e. The van der Waals surface area contributed by atoms with Gasteiger partial charge in [0.25, 0.3) is 5.91 Å². The zero-order valence-electron chi connectivity index (χ0n) is 14.1. The van der Waals surface area contributed by atoms with E-state index in [-0.39, 0.29) is 18.9 Å². The molecule has 2 N–H and O–H groups in total. The van der Waals surface area contributed by atoms with E-state index in [1.54, 1.807) is 6.07 Å². The molecule has 0 spiro atoms. The molecule has 0 radical (unpaired) electrons. The Labute approximate surface area is 140 Å². The summed E-state index contributed by atoms with van der Waals surface area (Å²) in [4.78, 5) is 28.6. The van der Waals surface area contributed by atoms with Crippen LogP contribution in [0.3, 0.4) is 0 Å². The second kappa shape index (κ2) is 7.88. The van der Waals surface area contributed by atoms with E-state index >= 15 is 0 Å². The molecule has 6 heteroatoms. The molecule has 1 atom stereocenters. The summed E-state index contributed by atoms with van der Waals surface area (Å²) >= 11 is 0. The van der Waals surface area contributed by atoms with Crippen LogP contribution in [0.2, 0.25) is 0 Å². The quantitative estimate of drug-likeness (QED) is 0.814. The molecule has 0 aliphatic heterocycles. The minimum Gasteiger partial charge on any atom is -0.480 e. The summed E-state index contributed by atoms with van der Waals surface area (Å²) in [5.41, 5.74) is 1.95. The summed E-state index contributed by atoms with van der Waals surface area (Å²) in [7, 11) is 1.49. The van der Waals surface area contributed by atoms with Crippen LogP contribution >= 0.6 is 0 Å². The van der Waals surface area contributed by atoms with Gasteiger partial charge in [0.15, 0.2) is 0 Å². The molecule has 0 saturated carbocycles. The normalized spacial score (nSPS) is 12.3. The number of carbonyl (C=O) groups is 2. The minimum absolute atomic E-state index is 0.157. The predicted molar refractivity (Wildman–Crippen MR) is 91.2 cm³/mol. The second-order valence-corrected chi connectivity index (χ2v) is 5.91. The molecule has 0 fully saturated rings. The molecule has 2 rings (SSSR count). The number of carbonyl (C=O) groups excluding carboxylic acids is 1. The Hall–Kier alpha value is -2.47. The lowest BCUT2D eigenvalue weighted by Crippen LogP contribution is -2.41. The largest absolute Gasteiger partial charge is 0.480 e. The summed E-state index contributed by atoms with van der Waals surface area (Å²) in [6.07, 6.45) is 0.206. The molecule has 6 nitrogen and oxygen atoms in total. The fourth-order valence-corrected chi connectivity index (χ4v) is 2.41. The third-order valence-electron chi connectivity index (χ3n) is 3.79. The molecule has 0 aliphatic rings. The minimum atomic E-state index is -1.08. The molecule has 1 aromatic heterocycles. The van der Waals surface area contributed by atoms with E-state index in [1.807, 2.05) is 38.1 Å². The van der Waals surface area contributed by atoms with Gasteiger partial charge in [0.1, 0.15) is 6.04 Å². The van der Waals surface area contributed by atoms with Crippen LogP contribution in [0.15, 0.2) is 30.3 Å². The first-order valence-corrected chi connectivity index (χ1v) is 7.86. The van der Waals surface area contributed by atoms with Gasteiger partial charge in [-0.1, -0.05) is 32.0 Å². The number of fused-ring (bicyclic) bond motifs is 1. The van der Waals surface area contributed by atoms with Crippen molar-refractivity contribution in [2.45, 2.75) is 32.2 Å². The first-order chi connectivity index (χ1) is 11.4. The first-order valence-electron chi connectivity index (χ1n) is 7.86. The van der Waals surface area contributed by atoms with Crippen LogP contribution in [0.1, 0.15) is 42.2 Å². The molecule has 1 amide bonds. The number of amides is 1. The number of hydrogen-bond donors (Lipinski definition) is 2. The number of methoxy groups -OCH3 is 1. The van der Waals surface area contributed by atoms with Crippen LogP contribution in [0.5, 0.6) is 0 Å². The maximum absolute atomic E-state index is 12.7. The molecular formula is C18H22N2O4. The van der Waals surface area contributed by atoms with Crippen LogP contribution in [0.4, 0.5) is 0 Å². The number of para-hydroxylation sites is 1. The Morgan fingerprint density at radius 2 is 2.00 bits per heavy atom. The monoisotopic (exact) mass is 330 g/mol. The Kier molecular flexibility index (Phi) is 5.87. The fraction of sp³-hybridized carbons (Fsp3) is 0.389. The van der Waals surface area contributed by atoms with Crippen molar-refractivity contribution in [2.24, 2.45) is 0 Å². The van der Waals surface area contributed by atoms with Gasteiger partial charge in [-0.05, 0) is 18.1 Å². The van der Waals surface area contributed by atoms with Gasteiger partial charge in [0.2, 0.25) is 0 Å². The van der Waals surface area contributed by atoms with Crippen molar-refractivity contribution in [1.29, 1.82) is 0 Å². The molecule has 0 aliphatic carbocycles. The Morgan fingerprint density at radius 1 is 1.29 bits per heavy atom. The van der Waals surface area contributed by atoms with Crippen LogP contribution < -0.4 is 5.32 Å². The smallest absolute Gasteiger partial charge is 0.326 e. The zero-order chi connectivity index (χ0) is 17.7. The van der Waals surface area contributed by atoms with E-state index in [9.17, 15) is 14.7 Å². The van der Waals surface area contributed by atoms with Crippen LogP contribution in [0, 0.1) is 0 Å². The summed E-state index contributed by atoms with van der Waals surface area (Å²) in [5.74, 6) is -1.34. The van der Waals surface area contributed by atoms with Crippen molar-refractivity contribution in [3.63, 3.8) is 0 Å². The van der Waals surface area contributed by atoms with Gasteiger partial charge in [0, 0.05) is 31.2 Å². The molecular weight excluding hydrogens is 308 g/mol. The number of pyridine rings is 1. The van der Waals surface area contributed by atoms with Gasteiger partial charge in [-0.2, -0.15) is 0 Å². The van der Waals surface area contributed by atoms with Gasteiger partial charge < -0.3 is 15.2 Å². The highest BCUT2D eigenvalue weighted by molar-refractivity contribution is 6.07. The average molecular weight is 330 g/mol. The third kappa shape index (κ3) is 4.08. The molecule has 0 bridgehead atoms. The van der Waals surface area contributed by atoms with Gasteiger partial charge >= 0.3 is 5.97 Å². The van der Waals surface area contributed by atoms with Crippen LogP contribution in [-0.4, -0.2) is 41.7 Å². The Bertz CT molecular complexity index is 743. The third-order valence-corrected chi connectivity index (χ3v) is 3.79. The maximum atomic E-state index is 12.7. The van der Waals surface area contributed by atoms with E-state index in [0.29, 0.717) is 10.9 Å². The summed E-state index contributed by atoms with van der Waals surface area (Å²) < 4.78 is 4.91. The number of carboxylic acid groups (broad SMARTS) is 1. The van der Waals surface area contributed by atoms with E-state index in [0.717, 1.165) is 11.2 Å². The molecule has 0 saturated heterocycles. The molecule has 1 aromatic carbocycles. The first kappa shape index (κ1) is 17.9. The second-order valence-electron chi connectivity index (χ2n) is 5.91. The van der Waals surface area contributed by atoms with E-state index in [4.69, 9.17) is 4.74 Å². The van der Waals surface area contributed by atoms with Crippen molar-refractivity contribution >= 4 is 22.8 Å². The standard InChI is InChI=1S/C18H22N2O4/c1-11(2)16-10-13(12-6-4-5-7-14(12)19-16)17(21)20-15(18(22)23)8-9-24-3/h4-7,10-11,15H,8-9H2,1-3H3,(H,20,21)(H,22,23). The van der Waals surface area contributed by atoms with E-state index in [2.05, 4.69) is 10.3 Å². The average Bonchev–Trinajstić information content (AvgIpc) is 2.56. The number of carboxylic acids is 1. The number of hydrogen-bond acceptors (Lipinski definition) is 4. The number of nitrogens with one attached hydrogen (secondary N) is 1. The molecule has 2 aromatic rings. The molecule has 1 unspecified atom stereocenters. The van der Waals surface area contributed by atoms with Crippen molar-refractivity contribution in [3.05, 3.63) is 41.6 Å². The number of nitrogens with zero attached hydrogens (tertiary/aromatic N) is 1. The zero-order valence-corrected chi connectivity index (χ0v) is 14.1. The number of aromatic nitrogens is 1. The lowest BCUT2D eigenvalue weighted by Gasteiger charge is -2.16. The number of ether oxygens (including phenoxy) is 1. The lowest BCUT2D eigenvalue weighted by molar-refractivity contribution is -0.139. The van der Waals surface area contributed by atoms with Gasteiger partial charge in [-0.25, -0.2) is 4.79 Å².